The summed E-state index contributed by atoms with van der Waals surface area (Å²) in [5, 5.41) is 5.32. The Morgan fingerprint density at radius 2 is 1.81 bits per heavy atom. The normalized spacial score (nSPS) is 21.2. The van der Waals surface area contributed by atoms with Crippen LogP contribution in [0.25, 0.3) is 0 Å². The van der Waals surface area contributed by atoms with E-state index in [1.54, 1.807) is 0 Å². The van der Waals surface area contributed by atoms with Crippen LogP contribution in [0.5, 0.6) is 0 Å². The third-order valence-corrected chi connectivity index (χ3v) is 6.32. The van der Waals surface area contributed by atoms with E-state index in [9.17, 15) is 23.2 Å². The van der Waals surface area contributed by atoms with E-state index in [1.807, 2.05) is 13.0 Å². The Labute approximate surface area is 185 Å². The molecule has 0 spiro atoms. The molecule has 2 aliphatic rings. The fraction of sp³-hybridized carbons (Fsp3) is 0.375. The standard InChI is InChI=1S/C24H25F2N3O3/c1-14(16-8-7-15-5-3-4-6-17(15)11-16)27-21(30)13-29-22(31)24(2,28-23(29)32)18-9-10-19(25)20(26)12-18/h7-12,14H,3-6,13H2,1-2H3,(H,27,30)(H,28,32). The van der Waals surface area contributed by atoms with Crippen molar-refractivity contribution in [1.82, 2.24) is 15.5 Å². The molecule has 2 unspecified atom stereocenters. The van der Waals surface area contributed by atoms with Crippen LogP contribution in [0.4, 0.5) is 13.6 Å². The highest BCUT2D eigenvalue weighted by atomic mass is 19.2. The number of aryl methyl sites for hydroxylation is 2. The smallest absolute Gasteiger partial charge is 0.325 e. The number of carbonyl (C=O) groups excluding carboxylic acids is 3. The Morgan fingerprint density at radius 3 is 2.53 bits per heavy atom. The Bertz CT molecular complexity index is 1100. The van der Waals surface area contributed by atoms with E-state index in [2.05, 4.69) is 22.8 Å². The topological polar surface area (TPSA) is 78.5 Å². The van der Waals surface area contributed by atoms with Crippen LogP contribution < -0.4 is 10.6 Å². The highest BCUT2D eigenvalue weighted by Gasteiger charge is 2.49. The van der Waals surface area contributed by atoms with E-state index in [0.29, 0.717) is 0 Å². The zero-order chi connectivity index (χ0) is 23.0. The minimum absolute atomic E-state index is 0.0973. The summed E-state index contributed by atoms with van der Waals surface area (Å²) in [7, 11) is 0. The van der Waals surface area contributed by atoms with Gasteiger partial charge in [0.05, 0.1) is 6.04 Å². The molecule has 168 valence electrons. The number of halogens is 2. The molecule has 2 aromatic rings. The number of nitrogens with zero attached hydrogens (tertiary/aromatic N) is 1. The monoisotopic (exact) mass is 441 g/mol. The molecule has 1 saturated heterocycles. The van der Waals surface area contributed by atoms with Crippen molar-refractivity contribution < 1.29 is 23.2 Å². The lowest BCUT2D eigenvalue weighted by Crippen LogP contribution is -2.43. The number of nitrogens with one attached hydrogen (secondary N) is 2. The van der Waals surface area contributed by atoms with Gasteiger partial charge >= 0.3 is 6.03 Å². The summed E-state index contributed by atoms with van der Waals surface area (Å²) in [5.41, 5.74) is 2.11. The quantitative estimate of drug-likeness (QED) is 0.698. The summed E-state index contributed by atoms with van der Waals surface area (Å²) in [5.74, 6) is -3.37. The molecule has 0 saturated carbocycles. The van der Waals surface area contributed by atoms with Crippen molar-refractivity contribution in [2.75, 3.05) is 6.54 Å². The Hall–Kier alpha value is -3.29. The number of urea groups is 1. The summed E-state index contributed by atoms with van der Waals surface area (Å²) < 4.78 is 26.9. The van der Waals surface area contributed by atoms with Crippen molar-refractivity contribution in [1.29, 1.82) is 0 Å². The third kappa shape index (κ3) is 3.97. The maximum absolute atomic E-state index is 13.7. The van der Waals surface area contributed by atoms with Gasteiger partial charge in [0.1, 0.15) is 12.1 Å². The number of benzene rings is 2. The second-order valence-corrected chi connectivity index (χ2v) is 8.60. The van der Waals surface area contributed by atoms with E-state index in [4.69, 9.17) is 0 Å². The minimum Gasteiger partial charge on any atom is -0.348 e. The summed E-state index contributed by atoms with van der Waals surface area (Å²) in [6.45, 7) is 2.77. The first kappa shape index (κ1) is 21.9. The van der Waals surface area contributed by atoms with Gasteiger partial charge in [0, 0.05) is 0 Å². The van der Waals surface area contributed by atoms with E-state index in [0.717, 1.165) is 41.9 Å². The van der Waals surface area contributed by atoms with Crippen LogP contribution in [-0.2, 0) is 28.0 Å². The Morgan fingerprint density at radius 1 is 1.09 bits per heavy atom. The van der Waals surface area contributed by atoms with Crippen molar-refractivity contribution in [3.63, 3.8) is 0 Å². The summed E-state index contributed by atoms with van der Waals surface area (Å²) in [6, 6.07) is 8.12. The predicted molar refractivity (Wildman–Crippen MR) is 114 cm³/mol. The number of hydrogen-bond donors (Lipinski definition) is 2. The fourth-order valence-electron chi connectivity index (χ4n) is 4.38. The van der Waals surface area contributed by atoms with Gasteiger partial charge in [0.2, 0.25) is 5.91 Å². The van der Waals surface area contributed by atoms with E-state index in [-0.39, 0.29) is 11.6 Å². The van der Waals surface area contributed by atoms with E-state index < -0.39 is 41.6 Å². The summed E-state index contributed by atoms with van der Waals surface area (Å²) in [6.07, 6.45) is 4.43. The van der Waals surface area contributed by atoms with Crippen LogP contribution >= 0.6 is 0 Å². The number of fused-ring (bicyclic) bond motifs is 1. The summed E-state index contributed by atoms with van der Waals surface area (Å²) >= 11 is 0. The average Bonchev–Trinajstić information content (AvgIpc) is 2.99. The molecule has 6 nitrogen and oxygen atoms in total. The lowest BCUT2D eigenvalue weighted by molar-refractivity contribution is -0.135. The van der Waals surface area contributed by atoms with Gasteiger partial charge in [0.15, 0.2) is 11.6 Å². The van der Waals surface area contributed by atoms with Crippen molar-refractivity contribution in [3.8, 4) is 0 Å². The van der Waals surface area contributed by atoms with Gasteiger partial charge in [-0.1, -0.05) is 24.3 Å². The van der Waals surface area contributed by atoms with Crippen molar-refractivity contribution in [3.05, 3.63) is 70.3 Å². The second kappa shape index (κ2) is 8.33. The highest BCUT2D eigenvalue weighted by molar-refractivity contribution is 6.09. The van der Waals surface area contributed by atoms with Gasteiger partial charge < -0.3 is 10.6 Å². The molecule has 0 bridgehead atoms. The fourth-order valence-corrected chi connectivity index (χ4v) is 4.38. The third-order valence-electron chi connectivity index (χ3n) is 6.32. The molecule has 0 aromatic heterocycles. The molecule has 1 heterocycles. The predicted octanol–water partition coefficient (Wildman–Crippen LogP) is 3.49. The van der Waals surface area contributed by atoms with Crippen LogP contribution in [0, 0.1) is 11.6 Å². The molecule has 0 radical (unpaired) electrons. The largest absolute Gasteiger partial charge is 0.348 e. The molecule has 32 heavy (non-hydrogen) atoms. The first-order valence-corrected chi connectivity index (χ1v) is 10.7. The van der Waals surface area contributed by atoms with Gasteiger partial charge in [-0.15, -0.1) is 0 Å². The van der Waals surface area contributed by atoms with Gasteiger partial charge in [-0.05, 0) is 73.9 Å². The molecular weight excluding hydrogens is 416 g/mol. The minimum atomic E-state index is -1.59. The zero-order valence-corrected chi connectivity index (χ0v) is 18.0. The molecule has 4 amide bonds. The Kier molecular flexibility index (Phi) is 5.71. The molecule has 1 aliphatic carbocycles. The highest BCUT2D eigenvalue weighted by Crippen LogP contribution is 2.30. The lowest BCUT2D eigenvalue weighted by Gasteiger charge is -2.23. The van der Waals surface area contributed by atoms with Crippen molar-refractivity contribution in [2.45, 2.75) is 51.1 Å². The number of amides is 4. The molecule has 1 fully saturated rings. The van der Waals surface area contributed by atoms with Crippen LogP contribution in [0.15, 0.2) is 36.4 Å². The molecule has 1 aliphatic heterocycles. The number of hydrogen-bond acceptors (Lipinski definition) is 3. The van der Waals surface area contributed by atoms with Crippen LogP contribution in [0.2, 0.25) is 0 Å². The van der Waals surface area contributed by atoms with Crippen LogP contribution in [-0.4, -0.2) is 29.3 Å². The maximum Gasteiger partial charge on any atom is 0.325 e. The molecule has 8 heteroatoms. The van der Waals surface area contributed by atoms with Crippen LogP contribution in [0.1, 0.15) is 55.0 Å². The average molecular weight is 441 g/mol. The number of rotatable bonds is 5. The van der Waals surface area contributed by atoms with Crippen LogP contribution in [0.3, 0.4) is 0 Å². The number of imide groups is 1. The second-order valence-electron chi connectivity index (χ2n) is 8.60. The molecule has 2 aromatic carbocycles. The molecule has 2 atom stereocenters. The molecule has 2 N–H and O–H groups in total. The first-order valence-electron chi connectivity index (χ1n) is 10.7. The molecular formula is C24H25F2N3O3. The number of carbonyl (C=O) groups is 3. The van der Waals surface area contributed by atoms with Crippen molar-refractivity contribution >= 4 is 17.8 Å². The lowest BCUT2D eigenvalue weighted by atomic mass is 9.89. The molecule has 4 rings (SSSR count). The van der Waals surface area contributed by atoms with Gasteiger partial charge in [-0.25, -0.2) is 13.6 Å². The van der Waals surface area contributed by atoms with Gasteiger partial charge in [0.25, 0.3) is 5.91 Å². The maximum atomic E-state index is 13.7. The SMILES string of the molecule is CC(NC(=O)CN1C(=O)NC(C)(c2ccc(F)c(F)c2)C1=O)c1ccc2c(c1)CCCC2. The zero-order valence-electron chi connectivity index (χ0n) is 18.0. The summed E-state index contributed by atoms with van der Waals surface area (Å²) in [4.78, 5) is 38.8. The van der Waals surface area contributed by atoms with Gasteiger partial charge in [-0.2, -0.15) is 0 Å². The Balaban J connectivity index is 1.44. The van der Waals surface area contributed by atoms with E-state index >= 15 is 0 Å². The first-order chi connectivity index (χ1) is 15.2. The van der Waals surface area contributed by atoms with Crippen molar-refractivity contribution in [2.24, 2.45) is 0 Å². The van der Waals surface area contributed by atoms with E-state index in [1.165, 1.54) is 30.5 Å². The van der Waals surface area contributed by atoms with Gasteiger partial charge in [-0.3, -0.25) is 14.5 Å².